The smallest absolute Gasteiger partial charge is 0.338 e. The minimum atomic E-state index is -1.05. The minimum Gasteiger partial charge on any atom is -0.497 e. The number of hydrogen-bond acceptors (Lipinski definition) is 5. The van der Waals surface area contributed by atoms with Crippen LogP contribution < -0.4 is 9.47 Å². The van der Waals surface area contributed by atoms with E-state index < -0.39 is 5.97 Å². The van der Waals surface area contributed by atoms with Gasteiger partial charge in [-0.3, -0.25) is 0 Å². The molecule has 0 spiro atoms. The van der Waals surface area contributed by atoms with Gasteiger partial charge < -0.3 is 14.6 Å². The van der Waals surface area contributed by atoms with Crippen molar-refractivity contribution in [3.8, 4) is 11.5 Å². The molecule has 2 rings (SSSR count). The molecule has 0 bridgehead atoms. The first-order valence-electron chi connectivity index (χ1n) is 5.50. The van der Waals surface area contributed by atoms with Gasteiger partial charge in [0.25, 0.3) is 0 Å². The maximum Gasteiger partial charge on any atom is 0.338 e. The lowest BCUT2D eigenvalue weighted by Gasteiger charge is -2.06. The second kappa shape index (κ2) is 5.81. The van der Waals surface area contributed by atoms with Gasteiger partial charge in [0.05, 0.1) is 12.7 Å². The number of carboxylic acid groups (broad SMARTS) is 1. The molecule has 6 heteroatoms. The van der Waals surface area contributed by atoms with Gasteiger partial charge in [0.15, 0.2) is 5.82 Å². The first-order valence-corrected chi connectivity index (χ1v) is 5.50. The van der Waals surface area contributed by atoms with Crippen LogP contribution in [0.4, 0.5) is 0 Å². The van der Waals surface area contributed by atoms with Crippen molar-refractivity contribution < 1.29 is 19.4 Å². The van der Waals surface area contributed by atoms with Crippen molar-refractivity contribution >= 4 is 5.97 Å². The van der Waals surface area contributed by atoms with Gasteiger partial charge in [-0.1, -0.05) is 0 Å². The molecule has 0 fully saturated rings. The zero-order valence-electron chi connectivity index (χ0n) is 10.2. The summed E-state index contributed by atoms with van der Waals surface area (Å²) in [5.74, 6) is 0.768. The minimum absolute atomic E-state index is 0.0493. The van der Waals surface area contributed by atoms with E-state index in [1.165, 1.54) is 12.4 Å². The summed E-state index contributed by atoms with van der Waals surface area (Å²) < 4.78 is 10.5. The first-order chi connectivity index (χ1) is 9.19. The Balaban J connectivity index is 1.95. The Morgan fingerprint density at radius 2 is 1.74 bits per heavy atom. The number of methoxy groups -OCH3 is 1. The molecule has 1 N–H and O–H groups in total. The fourth-order valence-electron chi connectivity index (χ4n) is 1.36. The molecule has 0 saturated heterocycles. The molecule has 0 aliphatic rings. The number of aromatic nitrogens is 2. The standard InChI is InChI=1S/C13H12N2O4/c1-18-10-2-4-11(5-3-10)19-8-12-14-6-9(7-15-12)13(16)17/h2-7H,8H2,1H3,(H,16,17). The Morgan fingerprint density at radius 3 is 2.26 bits per heavy atom. The quantitative estimate of drug-likeness (QED) is 0.882. The molecule has 19 heavy (non-hydrogen) atoms. The van der Waals surface area contributed by atoms with Crippen molar-refractivity contribution in [3.63, 3.8) is 0 Å². The SMILES string of the molecule is COc1ccc(OCc2ncc(C(=O)O)cn2)cc1. The van der Waals surface area contributed by atoms with Gasteiger partial charge in [-0.2, -0.15) is 0 Å². The summed E-state index contributed by atoms with van der Waals surface area (Å²) in [5.41, 5.74) is 0.0493. The number of benzene rings is 1. The highest BCUT2D eigenvalue weighted by atomic mass is 16.5. The van der Waals surface area contributed by atoms with Crippen LogP contribution in [0.1, 0.15) is 16.2 Å². The summed E-state index contributed by atoms with van der Waals surface area (Å²) in [6.45, 7) is 0.173. The van der Waals surface area contributed by atoms with Crippen LogP contribution in [-0.4, -0.2) is 28.2 Å². The highest BCUT2D eigenvalue weighted by Crippen LogP contribution is 2.17. The van der Waals surface area contributed by atoms with E-state index in [2.05, 4.69) is 9.97 Å². The van der Waals surface area contributed by atoms with Crippen LogP contribution >= 0.6 is 0 Å². The highest BCUT2D eigenvalue weighted by Gasteiger charge is 2.04. The van der Waals surface area contributed by atoms with Crippen LogP contribution in [0, 0.1) is 0 Å². The average Bonchev–Trinajstić information content (AvgIpc) is 2.46. The van der Waals surface area contributed by atoms with E-state index in [4.69, 9.17) is 14.6 Å². The van der Waals surface area contributed by atoms with Gasteiger partial charge in [-0.15, -0.1) is 0 Å². The summed E-state index contributed by atoms with van der Waals surface area (Å²) in [6, 6.07) is 7.10. The molecule has 0 unspecified atom stereocenters. The molecular weight excluding hydrogens is 248 g/mol. The lowest BCUT2D eigenvalue weighted by Crippen LogP contribution is -2.04. The maximum atomic E-state index is 10.6. The van der Waals surface area contributed by atoms with Gasteiger partial charge in [-0.25, -0.2) is 14.8 Å². The fourth-order valence-corrected chi connectivity index (χ4v) is 1.36. The van der Waals surface area contributed by atoms with Gasteiger partial charge in [0, 0.05) is 12.4 Å². The number of ether oxygens (including phenoxy) is 2. The van der Waals surface area contributed by atoms with Crippen LogP contribution in [0.25, 0.3) is 0 Å². The van der Waals surface area contributed by atoms with Crippen molar-refractivity contribution in [1.82, 2.24) is 9.97 Å². The third-order valence-electron chi connectivity index (χ3n) is 2.38. The molecule has 1 aromatic carbocycles. The Morgan fingerprint density at radius 1 is 1.16 bits per heavy atom. The Bertz CT molecular complexity index is 552. The number of nitrogens with zero attached hydrogens (tertiary/aromatic N) is 2. The summed E-state index contributed by atoms with van der Waals surface area (Å²) >= 11 is 0. The van der Waals surface area contributed by atoms with Crippen LogP contribution in [0.3, 0.4) is 0 Å². The van der Waals surface area contributed by atoms with Gasteiger partial charge in [-0.05, 0) is 24.3 Å². The Labute approximate surface area is 109 Å². The average molecular weight is 260 g/mol. The molecule has 0 aliphatic heterocycles. The third kappa shape index (κ3) is 3.41. The van der Waals surface area contributed by atoms with Crippen LogP contribution in [0.15, 0.2) is 36.7 Å². The second-order valence-corrected chi connectivity index (χ2v) is 3.66. The lowest BCUT2D eigenvalue weighted by atomic mass is 10.3. The molecule has 1 heterocycles. The number of carbonyl (C=O) groups is 1. The van der Waals surface area contributed by atoms with Crippen molar-refractivity contribution in [2.45, 2.75) is 6.61 Å². The molecule has 0 radical (unpaired) electrons. The summed E-state index contributed by atoms with van der Waals surface area (Å²) in [7, 11) is 1.59. The van der Waals surface area contributed by atoms with E-state index in [1.54, 1.807) is 31.4 Å². The second-order valence-electron chi connectivity index (χ2n) is 3.66. The number of carboxylic acids is 1. The van der Waals surface area contributed by atoms with Gasteiger partial charge in [0.2, 0.25) is 0 Å². The van der Waals surface area contributed by atoms with E-state index in [0.717, 1.165) is 5.75 Å². The topological polar surface area (TPSA) is 81.5 Å². The van der Waals surface area contributed by atoms with E-state index in [9.17, 15) is 4.79 Å². The predicted octanol–water partition coefficient (Wildman–Crippen LogP) is 1.76. The number of hydrogen-bond donors (Lipinski definition) is 1. The number of rotatable bonds is 5. The largest absolute Gasteiger partial charge is 0.497 e. The third-order valence-corrected chi connectivity index (χ3v) is 2.38. The molecule has 2 aromatic rings. The lowest BCUT2D eigenvalue weighted by molar-refractivity contribution is 0.0695. The molecule has 1 aromatic heterocycles. The summed E-state index contributed by atoms with van der Waals surface area (Å²) in [5, 5.41) is 8.71. The summed E-state index contributed by atoms with van der Waals surface area (Å²) in [4.78, 5) is 18.4. The van der Waals surface area contributed by atoms with Crippen LogP contribution in [0.2, 0.25) is 0 Å². The first kappa shape index (κ1) is 12.8. The van der Waals surface area contributed by atoms with E-state index in [0.29, 0.717) is 11.6 Å². The monoisotopic (exact) mass is 260 g/mol. The van der Waals surface area contributed by atoms with Crippen molar-refractivity contribution in [3.05, 3.63) is 48.0 Å². The molecule has 0 atom stereocenters. The Hall–Kier alpha value is -2.63. The molecule has 0 amide bonds. The van der Waals surface area contributed by atoms with E-state index >= 15 is 0 Å². The van der Waals surface area contributed by atoms with Gasteiger partial charge >= 0.3 is 5.97 Å². The molecular formula is C13H12N2O4. The molecule has 98 valence electrons. The van der Waals surface area contributed by atoms with Gasteiger partial charge in [0.1, 0.15) is 18.1 Å². The summed E-state index contributed by atoms with van der Waals surface area (Å²) in [6.07, 6.45) is 2.50. The van der Waals surface area contributed by atoms with Crippen LogP contribution in [0.5, 0.6) is 11.5 Å². The number of aromatic carboxylic acids is 1. The van der Waals surface area contributed by atoms with Crippen molar-refractivity contribution in [1.29, 1.82) is 0 Å². The predicted molar refractivity (Wildman–Crippen MR) is 66.3 cm³/mol. The molecule has 6 nitrogen and oxygen atoms in total. The maximum absolute atomic E-state index is 10.6. The zero-order valence-corrected chi connectivity index (χ0v) is 10.2. The van der Waals surface area contributed by atoms with Crippen molar-refractivity contribution in [2.75, 3.05) is 7.11 Å². The van der Waals surface area contributed by atoms with E-state index in [-0.39, 0.29) is 12.2 Å². The molecule has 0 saturated carbocycles. The van der Waals surface area contributed by atoms with Crippen LogP contribution in [-0.2, 0) is 6.61 Å². The molecule has 0 aliphatic carbocycles. The zero-order chi connectivity index (χ0) is 13.7. The Kier molecular flexibility index (Phi) is 3.92. The fraction of sp³-hybridized carbons (Fsp3) is 0.154. The highest BCUT2D eigenvalue weighted by molar-refractivity contribution is 5.86. The normalized spacial score (nSPS) is 9.95. The van der Waals surface area contributed by atoms with E-state index in [1.807, 2.05) is 0 Å². The van der Waals surface area contributed by atoms with Crippen molar-refractivity contribution in [2.24, 2.45) is 0 Å².